The summed E-state index contributed by atoms with van der Waals surface area (Å²) in [6.45, 7) is 0.397. The monoisotopic (exact) mass is 377 g/mol. The molecule has 4 nitrogen and oxygen atoms in total. The Hall–Kier alpha value is -3.92. The van der Waals surface area contributed by atoms with Gasteiger partial charge in [-0.15, -0.1) is 0 Å². The van der Waals surface area contributed by atoms with Crippen LogP contribution in [-0.4, -0.2) is 4.98 Å². The van der Waals surface area contributed by atoms with Gasteiger partial charge in [0.05, 0.1) is 5.69 Å². The molecule has 0 saturated carbocycles. The number of fused-ring (bicyclic) bond motifs is 6. The fourth-order valence-electron chi connectivity index (χ4n) is 4.17. The molecule has 0 saturated heterocycles. The molecular formula is C25H15NO3. The van der Waals surface area contributed by atoms with E-state index in [0.29, 0.717) is 17.7 Å². The van der Waals surface area contributed by atoms with Crippen molar-refractivity contribution in [3.8, 4) is 28.1 Å². The Morgan fingerprint density at radius 2 is 1.59 bits per heavy atom. The van der Waals surface area contributed by atoms with Crippen molar-refractivity contribution < 1.29 is 9.15 Å². The quantitative estimate of drug-likeness (QED) is 0.283. The molecule has 1 aliphatic heterocycles. The van der Waals surface area contributed by atoms with Crippen LogP contribution in [0, 0.1) is 0 Å². The lowest BCUT2D eigenvalue weighted by molar-refractivity contribution is 0.302. The second kappa shape index (κ2) is 6.04. The first-order valence-corrected chi connectivity index (χ1v) is 9.47. The highest BCUT2D eigenvalue weighted by Gasteiger charge is 2.26. The second-order valence-electron chi connectivity index (χ2n) is 7.07. The number of pyridine rings is 1. The smallest absolute Gasteiger partial charge is 0.363 e. The number of aromatic nitrogens is 1. The predicted octanol–water partition coefficient (Wildman–Crippen LogP) is 5.57. The third-order valence-electron chi connectivity index (χ3n) is 5.43. The van der Waals surface area contributed by atoms with E-state index in [4.69, 9.17) is 14.1 Å². The number of hydrogen-bond donors (Lipinski definition) is 0. The number of nitrogens with zero attached hydrogens (tertiary/aromatic N) is 1. The molecule has 0 atom stereocenters. The molecule has 4 heteroatoms. The van der Waals surface area contributed by atoms with Gasteiger partial charge in [0.2, 0.25) is 0 Å². The Bertz CT molecular complexity index is 1470. The van der Waals surface area contributed by atoms with Crippen molar-refractivity contribution >= 4 is 21.9 Å². The van der Waals surface area contributed by atoms with Gasteiger partial charge in [0, 0.05) is 27.5 Å². The van der Waals surface area contributed by atoms with Crippen LogP contribution in [0.5, 0.6) is 5.75 Å². The average molecular weight is 377 g/mol. The Balaban J connectivity index is 1.87. The summed E-state index contributed by atoms with van der Waals surface area (Å²) in [5.41, 5.74) is 5.13. The van der Waals surface area contributed by atoms with Crippen LogP contribution in [0.1, 0.15) is 5.56 Å². The van der Waals surface area contributed by atoms with E-state index in [9.17, 15) is 4.79 Å². The van der Waals surface area contributed by atoms with Crippen LogP contribution >= 0.6 is 0 Å². The average Bonchev–Trinajstić information content (AvgIpc) is 2.78. The summed E-state index contributed by atoms with van der Waals surface area (Å²) in [5.74, 6) is 0.774. The number of benzene rings is 3. The van der Waals surface area contributed by atoms with E-state index >= 15 is 0 Å². The first-order valence-electron chi connectivity index (χ1n) is 9.47. The summed E-state index contributed by atoms with van der Waals surface area (Å²) in [5, 5.41) is 1.68. The third kappa shape index (κ3) is 2.32. The SMILES string of the molecule is O=c1oc2ccccc2c2c(-c3ccccc3)c3c(nc12)-c1ccccc1OC3. The van der Waals surface area contributed by atoms with E-state index in [1.807, 2.05) is 66.7 Å². The largest absolute Gasteiger partial charge is 0.488 e. The van der Waals surface area contributed by atoms with Crippen molar-refractivity contribution in [3.05, 3.63) is 94.8 Å². The minimum absolute atomic E-state index is 0.345. The van der Waals surface area contributed by atoms with Crippen molar-refractivity contribution in [2.45, 2.75) is 6.61 Å². The normalized spacial score (nSPS) is 12.4. The van der Waals surface area contributed by atoms with Crippen LogP contribution in [0.2, 0.25) is 0 Å². The molecule has 0 spiro atoms. The molecule has 3 aromatic carbocycles. The molecular weight excluding hydrogens is 362 g/mol. The molecule has 0 N–H and O–H groups in total. The molecule has 1 aliphatic rings. The number of rotatable bonds is 1. The van der Waals surface area contributed by atoms with Gasteiger partial charge < -0.3 is 9.15 Å². The van der Waals surface area contributed by atoms with Crippen molar-refractivity contribution in [2.24, 2.45) is 0 Å². The van der Waals surface area contributed by atoms with Crippen LogP contribution in [-0.2, 0) is 6.61 Å². The highest BCUT2D eigenvalue weighted by molar-refractivity contribution is 6.13. The molecule has 0 unspecified atom stereocenters. The van der Waals surface area contributed by atoms with Crippen LogP contribution in [0.15, 0.2) is 88.1 Å². The van der Waals surface area contributed by atoms with E-state index in [1.54, 1.807) is 0 Å². The van der Waals surface area contributed by atoms with Crippen LogP contribution in [0.4, 0.5) is 0 Å². The number of hydrogen-bond acceptors (Lipinski definition) is 4. The van der Waals surface area contributed by atoms with Crippen LogP contribution < -0.4 is 10.4 Å². The van der Waals surface area contributed by atoms with Crippen molar-refractivity contribution in [1.82, 2.24) is 4.98 Å². The molecule has 0 radical (unpaired) electrons. The van der Waals surface area contributed by atoms with E-state index in [0.717, 1.165) is 44.5 Å². The van der Waals surface area contributed by atoms with Crippen LogP contribution in [0.3, 0.4) is 0 Å². The molecule has 29 heavy (non-hydrogen) atoms. The maximum Gasteiger partial charge on any atom is 0.363 e. The van der Waals surface area contributed by atoms with Gasteiger partial charge in [-0.05, 0) is 23.8 Å². The second-order valence-corrected chi connectivity index (χ2v) is 7.07. The maximum atomic E-state index is 12.9. The lowest BCUT2D eigenvalue weighted by Gasteiger charge is -2.24. The molecule has 138 valence electrons. The third-order valence-corrected chi connectivity index (χ3v) is 5.43. The standard InChI is InChI=1S/C25H15NO3/c27-25-24-22(16-10-4-7-13-20(16)29-25)21(15-8-2-1-3-9-15)18-14-28-19-12-6-5-11-17(19)23(18)26-24/h1-13H,14H2. The summed E-state index contributed by atoms with van der Waals surface area (Å²) >= 11 is 0. The molecule has 5 aromatic rings. The molecule has 2 aromatic heterocycles. The van der Waals surface area contributed by atoms with E-state index in [-0.39, 0.29) is 0 Å². The molecule has 6 rings (SSSR count). The zero-order valence-electron chi connectivity index (χ0n) is 15.4. The molecule has 0 fully saturated rings. The van der Waals surface area contributed by atoms with Crippen LogP contribution in [0.25, 0.3) is 44.3 Å². The minimum atomic E-state index is -0.428. The Labute approximate surface area is 166 Å². The lowest BCUT2D eigenvalue weighted by Crippen LogP contribution is -2.12. The summed E-state index contributed by atoms with van der Waals surface area (Å²) in [6, 6.07) is 25.5. The fourth-order valence-corrected chi connectivity index (χ4v) is 4.17. The van der Waals surface area contributed by atoms with Gasteiger partial charge in [-0.1, -0.05) is 60.7 Å². The van der Waals surface area contributed by atoms with E-state index in [2.05, 4.69) is 12.1 Å². The summed E-state index contributed by atoms with van der Waals surface area (Å²) in [6.07, 6.45) is 0. The molecule has 0 aliphatic carbocycles. The van der Waals surface area contributed by atoms with Crippen molar-refractivity contribution in [2.75, 3.05) is 0 Å². The molecule has 0 amide bonds. The van der Waals surface area contributed by atoms with Gasteiger partial charge in [-0.2, -0.15) is 0 Å². The minimum Gasteiger partial charge on any atom is -0.488 e. The zero-order chi connectivity index (χ0) is 19.4. The van der Waals surface area contributed by atoms with Gasteiger partial charge in [0.1, 0.15) is 17.9 Å². The van der Waals surface area contributed by atoms with E-state index in [1.165, 1.54) is 0 Å². The number of para-hydroxylation sites is 2. The summed E-state index contributed by atoms with van der Waals surface area (Å²) in [4.78, 5) is 17.7. The maximum absolute atomic E-state index is 12.9. The zero-order valence-corrected chi connectivity index (χ0v) is 15.4. The fraction of sp³-hybridized carbons (Fsp3) is 0.0400. The van der Waals surface area contributed by atoms with Gasteiger partial charge in [-0.25, -0.2) is 9.78 Å². The highest BCUT2D eigenvalue weighted by Crippen LogP contribution is 2.44. The Morgan fingerprint density at radius 1 is 0.828 bits per heavy atom. The van der Waals surface area contributed by atoms with E-state index < -0.39 is 5.63 Å². The van der Waals surface area contributed by atoms with Gasteiger partial charge in [0.25, 0.3) is 0 Å². The highest BCUT2D eigenvalue weighted by atomic mass is 16.5. The summed E-state index contributed by atoms with van der Waals surface area (Å²) in [7, 11) is 0. The van der Waals surface area contributed by atoms with Gasteiger partial charge in [0.15, 0.2) is 5.52 Å². The predicted molar refractivity (Wildman–Crippen MR) is 113 cm³/mol. The Morgan fingerprint density at radius 3 is 2.48 bits per heavy atom. The number of ether oxygens (including phenoxy) is 1. The molecule has 3 heterocycles. The van der Waals surface area contributed by atoms with Gasteiger partial charge >= 0.3 is 5.63 Å². The van der Waals surface area contributed by atoms with Crippen molar-refractivity contribution in [1.29, 1.82) is 0 Å². The topological polar surface area (TPSA) is 52.3 Å². The van der Waals surface area contributed by atoms with Gasteiger partial charge in [-0.3, -0.25) is 0 Å². The summed E-state index contributed by atoms with van der Waals surface area (Å²) < 4.78 is 11.7. The lowest BCUT2D eigenvalue weighted by atomic mass is 9.90. The van der Waals surface area contributed by atoms with Crippen molar-refractivity contribution in [3.63, 3.8) is 0 Å². The Kier molecular flexibility index (Phi) is 3.35. The first-order chi connectivity index (χ1) is 14.3. The first kappa shape index (κ1) is 16.1. The molecule has 0 bridgehead atoms.